The molecule has 0 spiro atoms. The second-order valence-electron chi connectivity index (χ2n) is 6.88. The lowest BCUT2D eigenvalue weighted by atomic mass is 10.2. The van der Waals surface area contributed by atoms with Crippen LogP contribution < -0.4 is 10.1 Å². The molecule has 0 saturated carbocycles. The van der Waals surface area contributed by atoms with Gasteiger partial charge in [-0.05, 0) is 42.5 Å². The molecule has 1 aliphatic rings. The number of nitrogens with one attached hydrogen (secondary N) is 1. The van der Waals surface area contributed by atoms with E-state index in [1.165, 1.54) is 28.6 Å². The van der Waals surface area contributed by atoms with E-state index >= 15 is 0 Å². The van der Waals surface area contributed by atoms with E-state index in [-0.39, 0.29) is 24.0 Å². The van der Waals surface area contributed by atoms with Gasteiger partial charge in [0.15, 0.2) is 5.76 Å². The molecule has 2 aromatic heterocycles. The van der Waals surface area contributed by atoms with Crippen molar-refractivity contribution in [1.29, 1.82) is 0 Å². The van der Waals surface area contributed by atoms with Gasteiger partial charge in [-0.2, -0.15) is 4.31 Å². The fourth-order valence-electron chi connectivity index (χ4n) is 3.09. The van der Waals surface area contributed by atoms with Crippen LogP contribution in [-0.2, 0) is 14.8 Å². The van der Waals surface area contributed by atoms with Crippen LogP contribution in [0, 0.1) is 0 Å². The minimum Gasteiger partial charge on any atom is -0.475 e. The summed E-state index contributed by atoms with van der Waals surface area (Å²) in [7, 11) is -3.59. The Labute approximate surface area is 185 Å². The number of amides is 1. The summed E-state index contributed by atoms with van der Waals surface area (Å²) in [6.07, 6.45) is 1.56. The summed E-state index contributed by atoms with van der Waals surface area (Å²) in [5.74, 6) is 0.607. The predicted octanol–water partition coefficient (Wildman–Crippen LogP) is 1.57. The lowest BCUT2D eigenvalue weighted by Crippen LogP contribution is -2.40. The number of carbonyl (C=O) groups is 1. The van der Waals surface area contributed by atoms with Crippen molar-refractivity contribution < 1.29 is 27.1 Å². The molecular weight excluding hydrogens is 436 g/mol. The Balaban J connectivity index is 1.25. The molecule has 10 nitrogen and oxygen atoms in total. The smallest absolute Gasteiger partial charge is 0.251 e. The summed E-state index contributed by atoms with van der Waals surface area (Å²) < 4.78 is 42.6. The molecule has 0 aliphatic carbocycles. The van der Waals surface area contributed by atoms with Gasteiger partial charge in [0.05, 0.1) is 30.9 Å². The highest BCUT2D eigenvalue weighted by atomic mass is 32.2. The second kappa shape index (κ2) is 9.90. The van der Waals surface area contributed by atoms with E-state index in [0.29, 0.717) is 49.2 Å². The lowest BCUT2D eigenvalue weighted by Gasteiger charge is -2.26. The highest BCUT2D eigenvalue weighted by Crippen LogP contribution is 2.19. The maximum atomic E-state index is 12.6. The first-order valence-corrected chi connectivity index (χ1v) is 11.4. The van der Waals surface area contributed by atoms with Gasteiger partial charge < -0.3 is 19.2 Å². The van der Waals surface area contributed by atoms with E-state index in [1.54, 1.807) is 30.5 Å². The highest BCUT2D eigenvalue weighted by molar-refractivity contribution is 7.89. The third-order valence-corrected chi connectivity index (χ3v) is 6.69. The van der Waals surface area contributed by atoms with Gasteiger partial charge in [0, 0.05) is 24.7 Å². The average molecular weight is 458 g/mol. The molecular formula is C21H22N4O6S. The number of ether oxygens (including phenoxy) is 2. The lowest BCUT2D eigenvalue weighted by molar-refractivity contribution is 0.0730. The van der Waals surface area contributed by atoms with Crippen molar-refractivity contribution in [3.63, 3.8) is 0 Å². The molecule has 1 aliphatic heterocycles. The second-order valence-corrected chi connectivity index (χ2v) is 8.82. The molecule has 32 heavy (non-hydrogen) atoms. The van der Waals surface area contributed by atoms with Crippen molar-refractivity contribution in [2.45, 2.75) is 4.90 Å². The molecule has 0 bridgehead atoms. The van der Waals surface area contributed by atoms with Crippen LogP contribution in [0.1, 0.15) is 10.4 Å². The Morgan fingerprint density at radius 2 is 1.84 bits per heavy atom. The molecule has 0 unspecified atom stereocenters. The first kappa shape index (κ1) is 21.9. The van der Waals surface area contributed by atoms with E-state index in [2.05, 4.69) is 15.5 Å². The number of morpholine rings is 1. The summed E-state index contributed by atoms with van der Waals surface area (Å²) in [4.78, 5) is 12.5. The third kappa shape index (κ3) is 5.13. The number of carbonyl (C=O) groups excluding carboxylic acids is 1. The van der Waals surface area contributed by atoms with E-state index in [4.69, 9.17) is 13.9 Å². The molecule has 1 saturated heterocycles. The van der Waals surface area contributed by atoms with Gasteiger partial charge in [0.25, 0.3) is 5.91 Å². The number of hydrogen-bond acceptors (Lipinski definition) is 8. The Morgan fingerprint density at radius 3 is 2.50 bits per heavy atom. The molecule has 0 radical (unpaired) electrons. The van der Waals surface area contributed by atoms with Crippen LogP contribution in [0.25, 0.3) is 11.5 Å². The van der Waals surface area contributed by atoms with Crippen molar-refractivity contribution >= 4 is 15.9 Å². The zero-order valence-corrected chi connectivity index (χ0v) is 18.0. The minimum absolute atomic E-state index is 0.149. The first-order valence-electron chi connectivity index (χ1n) is 10.0. The van der Waals surface area contributed by atoms with Crippen molar-refractivity contribution in [1.82, 2.24) is 19.8 Å². The standard InChI is InChI=1S/C21H22N4O6S/c26-21(16-3-5-17(6-4-16)32(27,28)25-10-14-29-15-11-25)22-9-13-31-20-8-7-18(23-24-20)19-2-1-12-30-19/h1-8,12H,9-11,13-15H2,(H,22,26). The fraction of sp³-hybridized carbons (Fsp3) is 0.286. The number of benzene rings is 1. The third-order valence-electron chi connectivity index (χ3n) is 4.78. The van der Waals surface area contributed by atoms with Crippen LogP contribution in [0.2, 0.25) is 0 Å². The largest absolute Gasteiger partial charge is 0.475 e. The monoisotopic (exact) mass is 458 g/mol. The molecule has 1 N–H and O–H groups in total. The Morgan fingerprint density at radius 1 is 1.06 bits per heavy atom. The molecule has 3 heterocycles. The van der Waals surface area contributed by atoms with Gasteiger partial charge >= 0.3 is 0 Å². The minimum atomic E-state index is -3.59. The molecule has 3 aromatic rings. The molecule has 11 heteroatoms. The number of furan rings is 1. The topological polar surface area (TPSA) is 124 Å². The Hall–Kier alpha value is -3.28. The first-order chi connectivity index (χ1) is 15.5. The number of rotatable bonds is 8. The van der Waals surface area contributed by atoms with Gasteiger partial charge in [0.2, 0.25) is 15.9 Å². The normalized spacial score (nSPS) is 14.8. The fourth-order valence-corrected chi connectivity index (χ4v) is 4.50. The summed E-state index contributed by atoms with van der Waals surface area (Å²) in [5, 5.41) is 10.7. The van der Waals surface area contributed by atoms with Gasteiger partial charge in [-0.3, -0.25) is 4.79 Å². The van der Waals surface area contributed by atoms with Gasteiger partial charge in [-0.25, -0.2) is 8.42 Å². The van der Waals surface area contributed by atoms with Gasteiger partial charge in [-0.1, -0.05) is 0 Å². The van der Waals surface area contributed by atoms with E-state index in [0.717, 1.165) is 0 Å². The van der Waals surface area contributed by atoms with Gasteiger partial charge in [0.1, 0.15) is 12.3 Å². The van der Waals surface area contributed by atoms with Crippen molar-refractivity contribution in [3.05, 3.63) is 60.4 Å². The van der Waals surface area contributed by atoms with Crippen molar-refractivity contribution in [3.8, 4) is 17.3 Å². The van der Waals surface area contributed by atoms with Crippen LogP contribution >= 0.6 is 0 Å². The van der Waals surface area contributed by atoms with Crippen LogP contribution in [0.5, 0.6) is 5.88 Å². The molecule has 0 atom stereocenters. The average Bonchev–Trinajstić information content (AvgIpc) is 3.38. The molecule has 168 valence electrons. The summed E-state index contributed by atoms with van der Waals surface area (Å²) in [6, 6.07) is 12.8. The number of nitrogens with zero attached hydrogens (tertiary/aromatic N) is 3. The Bertz CT molecular complexity index is 1130. The van der Waals surface area contributed by atoms with Crippen molar-refractivity contribution in [2.24, 2.45) is 0 Å². The number of sulfonamides is 1. The van der Waals surface area contributed by atoms with Gasteiger partial charge in [-0.15, -0.1) is 10.2 Å². The maximum Gasteiger partial charge on any atom is 0.251 e. The molecule has 1 aromatic carbocycles. The summed E-state index contributed by atoms with van der Waals surface area (Å²) in [6.45, 7) is 1.84. The number of aromatic nitrogens is 2. The predicted molar refractivity (Wildman–Crippen MR) is 114 cm³/mol. The van der Waals surface area contributed by atoms with E-state index in [1.807, 2.05) is 0 Å². The van der Waals surface area contributed by atoms with Crippen LogP contribution in [0.3, 0.4) is 0 Å². The molecule has 1 amide bonds. The van der Waals surface area contributed by atoms with E-state index in [9.17, 15) is 13.2 Å². The molecule has 4 rings (SSSR count). The highest BCUT2D eigenvalue weighted by Gasteiger charge is 2.26. The SMILES string of the molecule is O=C(NCCOc1ccc(-c2ccco2)nn1)c1ccc(S(=O)(=O)N2CCOCC2)cc1. The van der Waals surface area contributed by atoms with Crippen LogP contribution in [0.15, 0.2) is 64.1 Å². The zero-order chi connectivity index (χ0) is 22.4. The maximum absolute atomic E-state index is 12.6. The van der Waals surface area contributed by atoms with E-state index < -0.39 is 10.0 Å². The quantitative estimate of drug-likeness (QED) is 0.505. The summed E-state index contributed by atoms with van der Waals surface area (Å²) >= 11 is 0. The van der Waals surface area contributed by atoms with Crippen LogP contribution in [0.4, 0.5) is 0 Å². The van der Waals surface area contributed by atoms with Crippen molar-refractivity contribution in [2.75, 3.05) is 39.5 Å². The molecule has 1 fully saturated rings. The Kier molecular flexibility index (Phi) is 6.78. The number of hydrogen-bond donors (Lipinski definition) is 1. The zero-order valence-electron chi connectivity index (χ0n) is 17.1. The summed E-state index contributed by atoms with van der Waals surface area (Å²) in [5.41, 5.74) is 0.947. The van der Waals surface area contributed by atoms with Crippen LogP contribution in [-0.4, -0.2) is 68.3 Å².